The normalized spacial score (nSPS) is 22.3. The molecule has 0 spiro atoms. The Hall–Kier alpha value is 0.467. The molecule has 0 radical (unpaired) electrons. The maximum absolute atomic E-state index is 5.60. The van der Waals surface area contributed by atoms with Gasteiger partial charge in [0.15, 0.2) is 0 Å². The van der Waals surface area contributed by atoms with Gasteiger partial charge < -0.3 is 4.90 Å². The Labute approximate surface area is 64.2 Å². The standard InChI is InChI=1S/C6H14ClNSi/c7-1-2-8-3-5-9-6-4-8/h1-6,9H2. The Morgan fingerprint density at radius 2 is 2.00 bits per heavy atom. The monoisotopic (exact) mass is 163 g/mol. The number of hydrogen-bond donors (Lipinski definition) is 0. The second-order valence-electron chi connectivity index (χ2n) is 2.59. The minimum absolute atomic E-state index is 0.375. The molecule has 1 nitrogen and oxygen atoms in total. The summed E-state index contributed by atoms with van der Waals surface area (Å²) in [5.74, 6) is 0.807. The quantitative estimate of drug-likeness (QED) is 0.425. The molecule has 0 unspecified atom stereocenters. The maximum Gasteiger partial charge on any atom is 0.0351 e. The van der Waals surface area contributed by atoms with E-state index >= 15 is 0 Å². The molecule has 0 bridgehead atoms. The van der Waals surface area contributed by atoms with E-state index < -0.39 is 0 Å². The summed E-state index contributed by atoms with van der Waals surface area (Å²) in [5.41, 5.74) is 0. The molecule has 0 aromatic carbocycles. The van der Waals surface area contributed by atoms with Crippen LogP contribution in [0.5, 0.6) is 0 Å². The highest BCUT2D eigenvalue weighted by Crippen LogP contribution is 2.02. The molecule has 0 saturated carbocycles. The average Bonchev–Trinajstić information content (AvgIpc) is 1.91. The third-order valence-electron chi connectivity index (χ3n) is 1.85. The van der Waals surface area contributed by atoms with Crippen molar-refractivity contribution in [2.45, 2.75) is 12.1 Å². The van der Waals surface area contributed by atoms with Gasteiger partial charge in [-0.15, -0.1) is 11.6 Å². The van der Waals surface area contributed by atoms with Crippen LogP contribution in [0.2, 0.25) is 12.1 Å². The van der Waals surface area contributed by atoms with Crippen LogP contribution in [-0.4, -0.2) is 39.9 Å². The fourth-order valence-corrected chi connectivity index (χ4v) is 3.24. The summed E-state index contributed by atoms with van der Waals surface area (Å²) >= 11 is 5.60. The van der Waals surface area contributed by atoms with Gasteiger partial charge in [-0.3, -0.25) is 0 Å². The molecule has 0 N–H and O–H groups in total. The highest BCUT2D eigenvalue weighted by Gasteiger charge is 2.07. The maximum atomic E-state index is 5.60. The predicted octanol–water partition coefficient (Wildman–Crippen LogP) is 0.546. The van der Waals surface area contributed by atoms with E-state index in [-0.39, 0.29) is 0 Å². The lowest BCUT2D eigenvalue weighted by molar-refractivity contribution is 0.312. The van der Waals surface area contributed by atoms with E-state index in [9.17, 15) is 0 Å². The fraction of sp³-hybridized carbons (Fsp3) is 1.00. The van der Waals surface area contributed by atoms with Crippen LogP contribution in [0.15, 0.2) is 0 Å². The highest BCUT2D eigenvalue weighted by molar-refractivity contribution is 6.35. The van der Waals surface area contributed by atoms with Crippen LogP contribution in [-0.2, 0) is 0 Å². The number of hydrogen-bond acceptors (Lipinski definition) is 1. The van der Waals surface area contributed by atoms with Crippen LogP contribution in [0.4, 0.5) is 0 Å². The van der Waals surface area contributed by atoms with E-state index in [1.54, 1.807) is 0 Å². The van der Waals surface area contributed by atoms with Crippen molar-refractivity contribution in [3.8, 4) is 0 Å². The fourth-order valence-electron chi connectivity index (χ4n) is 1.30. The molecule has 0 aromatic heterocycles. The molecule has 1 heterocycles. The van der Waals surface area contributed by atoms with Gasteiger partial charge in [0.2, 0.25) is 0 Å². The highest BCUT2D eigenvalue weighted by atomic mass is 35.5. The van der Waals surface area contributed by atoms with Crippen molar-refractivity contribution < 1.29 is 0 Å². The number of alkyl halides is 1. The van der Waals surface area contributed by atoms with E-state index in [1.807, 2.05) is 0 Å². The van der Waals surface area contributed by atoms with Gasteiger partial charge in [0.1, 0.15) is 0 Å². The lowest BCUT2D eigenvalue weighted by Gasteiger charge is -2.24. The van der Waals surface area contributed by atoms with Gasteiger partial charge in [0.25, 0.3) is 0 Å². The SMILES string of the molecule is ClCCN1CC[SiH2]CC1. The van der Waals surface area contributed by atoms with Crippen LogP contribution in [0.25, 0.3) is 0 Å². The summed E-state index contributed by atoms with van der Waals surface area (Å²) in [7, 11) is 0.375. The first-order chi connectivity index (χ1) is 4.43. The topological polar surface area (TPSA) is 3.24 Å². The minimum atomic E-state index is 0.375. The third-order valence-corrected chi connectivity index (χ3v) is 3.65. The van der Waals surface area contributed by atoms with Crippen molar-refractivity contribution in [3.05, 3.63) is 0 Å². The number of rotatable bonds is 2. The predicted molar refractivity (Wildman–Crippen MR) is 45.3 cm³/mol. The van der Waals surface area contributed by atoms with E-state index in [4.69, 9.17) is 11.6 Å². The first kappa shape index (κ1) is 7.57. The van der Waals surface area contributed by atoms with Crippen LogP contribution >= 0.6 is 11.6 Å². The van der Waals surface area contributed by atoms with Crippen molar-refractivity contribution in [2.75, 3.05) is 25.5 Å². The molecule has 1 aliphatic heterocycles. The first-order valence-corrected chi connectivity index (χ1v) is 6.25. The van der Waals surface area contributed by atoms with Gasteiger partial charge >= 0.3 is 0 Å². The molecule has 1 saturated heterocycles. The Morgan fingerprint density at radius 3 is 2.56 bits per heavy atom. The molecule has 1 rings (SSSR count). The Kier molecular flexibility index (Phi) is 3.63. The number of nitrogens with zero attached hydrogens (tertiary/aromatic N) is 1. The molecule has 0 amide bonds. The van der Waals surface area contributed by atoms with E-state index in [0.29, 0.717) is 9.52 Å². The second-order valence-corrected chi connectivity index (χ2v) is 5.09. The van der Waals surface area contributed by atoms with E-state index in [1.165, 1.54) is 25.2 Å². The molecule has 0 aromatic rings. The van der Waals surface area contributed by atoms with Crippen LogP contribution < -0.4 is 0 Å². The van der Waals surface area contributed by atoms with Gasteiger partial charge in [0.05, 0.1) is 0 Å². The first-order valence-electron chi connectivity index (χ1n) is 3.72. The lowest BCUT2D eigenvalue weighted by Crippen LogP contribution is -2.33. The summed E-state index contributed by atoms with van der Waals surface area (Å²) in [4.78, 5) is 2.48. The molecule has 1 aliphatic rings. The van der Waals surface area contributed by atoms with Crippen molar-refractivity contribution in [3.63, 3.8) is 0 Å². The second kappa shape index (κ2) is 4.31. The summed E-state index contributed by atoms with van der Waals surface area (Å²) < 4.78 is 0. The van der Waals surface area contributed by atoms with Gasteiger partial charge in [-0.1, -0.05) is 12.1 Å². The Bertz CT molecular complexity index is 70.7. The molecule has 9 heavy (non-hydrogen) atoms. The summed E-state index contributed by atoms with van der Waals surface area (Å²) in [6.45, 7) is 3.77. The van der Waals surface area contributed by atoms with Crippen molar-refractivity contribution >= 4 is 21.1 Å². The molecule has 54 valence electrons. The number of halogens is 1. The van der Waals surface area contributed by atoms with Crippen molar-refractivity contribution in [1.82, 2.24) is 4.90 Å². The van der Waals surface area contributed by atoms with E-state index in [0.717, 1.165) is 12.4 Å². The van der Waals surface area contributed by atoms with Crippen LogP contribution in [0.3, 0.4) is 0 Å². The molecule has 0 aliphatic carbocycles. The average molecular weight is 164 g/mol. The van der Waals surface area contributed by atoms with E-state index in [2.05, 4.69) is 4.90 Å². The van der Waals surface area contributed by atoms with Crippen molar-refractivity contribution in [2.24, 2.45) is 0 Å². The van der Waals surface area contributed by atoms with Gasteiger partial charge in [0, 0.05) is 21.9 Å². The zero-order valence-electron chi connectivity index (χ0n) is 5.77. The zero-order chi connectivity index (χ0) is 6.53. The Balaban J connectivity index is 2.08. The van der Waals surface area contributed by atoms with Crippen molar-refractivity contribution in [1.29, 1.82) is 0 Å². The summed E-state index contributed by atoms with van der Waals surface area (Å²) in [6.07, 6.45) is 0. The third kappa shape index (κ3) is 2.69. The van der Waals surface area contributed by atoms with Gasteiger partial charge in [-0.25, -0.2) is 0 Å². The lowest BCUT2D eigenvalue weighted by atomic mass is 10.5. The largest absolute Gasteiger partial charge is 0.303 e. The molecular formula is C6H14ClNSi. The van der Waals surface area contributed by atoms with Gasteiger partial charge in [-0.2, -0.15) is 0 Å². The summed E-state index contributed by atoms with van der Waals surface area (Å²) in [5, 5.41) is 0. The molecule has 0 atom stereocenters. The van der Waals surface area contributed by atoms with Crippen LogP contribution in [0, 0.1) is 0 Å². The smallest absolute Gasteiger partial charge is 0.0351 e. The van der Waals surface area contributed by atoms with Crippen LogP contribution in [0.1, 0.15) is 0 Å². The van der Waals surface area contributed by atoms with Gasteiger partial charge in [-0.05, 0) is 13.1 Å². The molecule has 3 heteroatoms. The summed E-state index contributed by atoms with van der Waals surface area (Å²) in [6, 6.07) is 3.02. The molecule has 1 fully saturated rings. The molecular weight excluding hydrogens is 150 g/mol. The minimum Gasteiger partial charge on any atom is -0.303 e. The Morgan fingerprint density at radius 1 is 1.33 bits per heavy atom. The zero-order valence-corrected chi connectivity index (χ0v) is 7.95.